The van der Waals surface area contributed by atoms with Crippen molar-refractivity contribution in [3.05, 3.63) is 0 Å². The highest BCUT2D eigenvalue weighted by molar-refractivity contribution is 5.82. The van der Waals surface area contributed by atoms with Crippen LogP contribution < -0.4 is 11.1 Å². The summed E-state index contributed by atoms with van der Waals surface area (Å²) in [6.07, 6.45) is -0.635. The van der Waals surface area contributed by atoms with Gasteiger partial charge >= 0.3 is 0 Å². The minimum Gasteiger partial charge on any atom is -0.386 e. The Kier molecular flexibility index (Phi) is 1.45. The number of rotatable bonds is 0. The first-order valence-corrected chi connectivity index (χ1v) is 2.50. The zero-order chi connectivity index (χ0) is 5.98. The predicted molar refractivity (Wildman–Crippen MR) is 30.5 cm³/mol. The number of nitrogens with zero attached hydrogens (tertiary/aromatic N) is 1. The second kappa shape index (κ2) is 2.11. The number of aliphatic imine (C=N–C) groups is 1. The van der Waals surface area contributed by atoms with E-state index in [0.29, 0.717) is 18.9 Å². The summed E-state index contributed by atoms with van der Waals surface area (Å²) in [6.45, 7) is 1.11. The second-order valence-corrected chi connectivity index (χ2v) is 1.73. The van der Waals surface area contributed by atoms with Crippen molar-refractivity contribution in [2.45, 2.75) is 6.23 Å². The Balaban J connectivity index is 2.50. The molecule has 0 fully saturated rings. The van der Waals surface area contributed by atoms with Crippen LogP contribution in [0.5, 0.6) is 0 Å². The Morgan fingerprint density at radius 3 is 3.00 bits per heavy atom. The second-order valence-electron chi connectivity index (χ2n) is 1.73. The summed E-state index contributed by atoms with van der Waals surface area (Å²) in [5, 5.41) is 11.6. The summed E-state index contributed by atoms with van der Waals surface area (Å²) < 4.78 is 0. The first-order valence-electron chi connectivity index (χ1n) is 2.50. The van der Waals surface area contributed by atoms with Crippen molar-refractivity contribution in [1.82, 2.24) is 5.32 Å². The Hall–Kier alpha value is -0.610. The monoisotopic (exact) mass is 115 g/mol. The summed E-state index contributed by atoms with van der Waals surface area (Å²) >= 11 is 0. The molecule has 0 aromatic carbocycles. The molecule has 4 heteroatoms. The van der Waals surface area contributed by atoms with E-state index in [9.17, 15) is 0 Å². The van der Waals surface area contributed by atoms with Crippen molar-refractivity contribution in [1.29, 1.82) is 0 Å². The van der Waals surface area contributed by atoms with Gasteiger partial charge in [0.15, 0.2) is 6.23 Å². The van der Waals surface area contributed by atoms with Crippen LogP contribution in [0, 0.1) is 0 Å². The van der Waals surface area contributed by atoms with Crippen molar-refractivity contribution in [2.24, 2.45) is 10.7 Å². The molecule has 1 unspecified atom stereocenters. The average Bonchev–Trinajstić information content (AvgIpc) is 1.64. The third-order valence-electron chi connectivity index (χ3n) is 0.948. The summed E-state index contributed by atoms with van der Waals surface area (Å²) in [4.78, 5) is 3.67. The highest BCUT2D eigenvalue weighted by Crippen LogP contribution is 1.86. The molecule has 0 bridgehead atoms. The minimum absolute atomic E-state index is 0.476. The molecular formula is C4H9N3O. The maximum atomic E-state index is 8.75. The molecule has 46 valence electrons. The standard InChI is InChI=1S/C4H9N3O/c5-3-1-6-2-4(8)7-3/h4,6,8H,1-2H2,(H2,5,7). The Morgan fingerprint density at radius 2 is 2.62 bits per heavy atom. The number of amidine groups is 1. The lowest BCUT2D eigenvalue weighted by atomic mass is 10.4. The first-order chi connectivity index (χ1) is 3.79. The fourth-order valence-electron chi connectivity index (χ4n) is 0.612. The van der Waals surface area contributed by atoms with Gasteiger partial charge in [-0.2, -0.15) is 0 Å². The van der Waals surface area contributed by atoms with Crippen LogP contribution in [0.15, 0.2) is 4.99 Å². The van der Waals surface area contributed by atoms with Crippen LogP contribution in [0.3, 0.4) is 0 Å². The SMILES string of the molecule is NC1=NC(O)CNC1. The third-order valence-corrected chi connectivity index (χ3v) is 0.948. The van der Waals surface area contributed by atoms with Gasteiger partial charge in [-0.25, -0.2) is 4.99 Å². The molecule has 4 nitrogen and oxygen atoms in total. The lowest BCUT2D eigenvalue weighted by Crippen LogP contribution is -2.40. The topological polar surface area (TPSA) is 70.6 Å². The molecule has 0 aromatic heterocycles. The van der Waals surface area contributed by atoms with E-state index in [1.807, 2.05) is 0 Å². The Labute approximate surface area is 47.4 Å². The van der Waals surface area contributed by atoms with Crippen molar-refractivity contribution in [2.75, 3.05) is 13.1 Å². The highest BCUT2D eigenvalue weighted by atomic mass is 16.3. The van der Waals surface area contributed by atoms with Gasteiger partial charge in [0.05, 0.1) is 6.54 Å². The molecule has 1 aliphatic heterocycles. The Bertz CT molecular complexity index is 112. The fraction of sp³-hybridized carbons (Fsp3) is 0.750. The van der Waals surface area contributed by atoms with Crippen LogP contribution in [0.4, 0.5) is 0 Å². The summed E-state index contributed by atoms with van der Waals surface area (Å²) in [6, 6.07) is 0. The number of aliphatic hydroxyl groups excluding tert-OH is 1. The van der Waals surface area contributed by atoms with Gasteiger partial charge in [-0.3, -0.25) is 0 Å². The van der Waals surface area contributed by atoms with E-state index in [0.717, 1.165) is 0 Å². The number of β-amino-alcohol motifs (C(OH)–C–C–N with tert-alkyl or cyclic N) is 1. The van der Waals surface area contributed by atoms with E-state index in [1.165, 1.54) is 0 Å². The van der Waals surface area contributed by atoms with Gasteiger partial charge in [-0.1, -0.05) is 0 Å². The molecule has 8 heavy (non-hydrogen) atoms. The van der Waals surface area contributed by atoms with Gasteiger partial charge in [0.25, 0.3) is 0 Å². The van der Waals surface area contributed by atoms with Crippen LogP contribution in [0.2, 0.25) is 0 Å². The quantitative estimate of drug-likeness (QED) is 0.351. The van der Waals surface area contributed by atoms with E-state index in [-0.39, 0.29) is 0 Å². The van der Waals surface area contributed by atoms with E-state index in [4.69, 9.17) is 10.8 Å². The number of nitrogens with two attached hydrogens (primary N) is 1. The molecular weight excluding hydrogens is 106 g/mol. The first kappa shape index (κ1) is 5.53. The van der Waals surface area contributed by atoms with Crippen LogP contribution in [0.25, 0.3) is 0 Å². The van der Waals surface area contributed by atoms with Gasteiger partial charge in [0.2, 0.25) is 0 Å². The molecule has 0 radical (unpaired) electrons. The molecule has 0 saturated heterocycles. The summed E-state index contributed by atoms with van der Waals surface area (Å²) in [5.74, 6) is 0.476. The highest BCUT2D eigenvalue weighted by Gasteiger charge is 2.06. The molecule has 4 N–H and O–H groups in total. The molecule has 0 aromatic rings. The lowest BCUT2D eigenvalue weighted by molar-refractivity contribution is 0.178. The molecule has 0 saturated carbocycles. The van der Waals surface area contributed by atoms with Crippen molar-refractivity contribution in [3.8, 4) is 0 Å². The van der Waals surface area contributed by atoms with Gasteiger partial charge in [0.1, 0.15) is 5.84 Å². The van der Waals surface area contributed by atoms with Crippen LogP contribution >= 0.6 is 0 Å². The zero-order valence-corrected chi connectivity index (χ0v) is 4.46. The van der Waals surface area contributed by atoms with Gasteiger partial charge in [-0.15, -0.1) is 0 Å². The van der Waals surface area contributed by atoms with E-state index >= 15 is 0 Å². The van der Waals surface area contributed by atoms with Gasteiger partial charge in [-0.05, 0) is 0 Å². The maximum absolute atomic E-state index is 8.75. The van der Waals surface area contributed by atoms with Crippen LogP contribution in [0.1, 0.15) is 0 Å². The smallest absolute Gasteiger partial charge is 0.159 e. The summed E-state index contributed by atoms with van der Waals surface area (Å²) in [5.41, 5.74) is 5.25. The number of hydrogen-bond donors (Lipinski definition) is 3. The number of hydrogen-bond acceptors (Lipinski definition) is 4. The van der Waals surface area contributed by atoms with Gasteiger partial charge < -0.3 is 16.2 Å². The molecule has 1 aliphatic rings. The molecule has 0 aliphatic carbocycles. The largest absolute Gasteiger partial charge is 0.386 e. The average molecular weight is 115 g/mol. The third kappa shape index (κ3) is 1.18. The maximum Gasteiger partial charge on any atom is 0.159 e. The van der Waals surface area contributed by atoms with Crippen LogP contribution in [-0.4, -0.2) is 30.3 Å². The van der Waals surface area contributed by atoms with E-state index in [2.05, 4.69) is 10.3 Å². The van der Waals surface area contributed by atoms with E-state index < -0.39 is 6.23 Å². The molecule has 1 rings (SSSR count). The fourth-order valence-corrected chi connectivity index (χ4v) is 0.612. The number of nitrogens with one attached hydrogen (secondary N) is 1. The van der Waals surface area contributed by atoms with Crippen LogP contribution in [-0.2, 0) is 0 Å². The zero-order valence-electron chi connectivity index (χ0n) is 4.46. The molecule has 1 atom stereocenters. The predicted octanol–water partition coefficient (Wildman–Crippen LogP) is -1.73. The minimum atomic E-state index is -0.635. The molecule has 0 amide bonds. The van der Waals surface area contributed by atoms with Crippen molar-refractivity contribution >= 4 is 5.84 Å². The normalized spacial score (nSPS) is 29.6. The summed E-state index contributed by atoms with van der Waals surface area (Å²) in [7, 11) is 0. The lowest BCUT2D eigenvalue weighted by Gasteiger charge is -2.13. The van der Waals surface area contributed by atoms with Crippen molar-refractivity contribution < 1.29 is 5.11 Å². The Morgan fingerprint density at radius 1 is 1.88 bits per heavy atom. The van der Waals surface area contributed by atoms with E-state index in [1.54, 1.807) is 0 Å². The molecule has 1 heterocycles. The van der Waals surface area contributed by atoms with Gasteiger partial charge in [0, 0.05) is 6.54 Å². The number of aliphatic hydroxyl groups is 1. The van der Waals surface area contributed by atoms with Crippen molar-refractivity contribution in [3.63, 3.8) is 0 Å². The molecule has 0 spiro atoms.